The molecule has 0 amide bonds. The van der Waals surface area contributed by atoms with Gasteiger partial charge >= 0.3 is 5.97 Å². The Morgan fingerprint density at radius 1 is 1.32 bits per heavy atom. The minimum Gasteiger partial charge on any atom is -0.466 e. The minimum absolute atomic E-state index is 0.0916. The lowest BCUT2D eigenvalue weighted by Crippen LogP contribution is -2.27. The van der Waals surface area contributed by atoms with E-state index in [9.17, 15) is 13.6 Å². The van der Waals surface area contributed by atoms with Crippen LogP contribution in [0, 0.1) is 11.6 Å². The average Bonchev–Trinajstić information content (AvgIpc) is 2.35. The molecule has 0 aliphatic heterocycles. The van der Waals surface area contributed by atoms with Crippen LogP contribution in [0.25, 0.3) is 0 Å². The molecule has 0 saturated carbocycles. The topological polar surface area (TPSA) is 38.3 Å². The molecule has 0 heterocycles. The van der Waals surface area contributed by atoms with Crippen LogP contribution in [-0.2, 0) is 9.53 Å². The highest BCUT2D eigenvalue weighted by atomic mass is 19.1. The van der Waals surface area contributed by atoms with Crippen LogP contribution in [0.5, 0.6) is 0 Å². The Bertz CT molecular complexity index is 404. The highest BCUT2D eigenvalue weighted by Crippen LogP contribution is 2.23. The van der Waals surface area contributed by atoms with Crippen LogP contribution < -0.4 is 5.32 Å². The highest BCUT2D eigenvalue weighted by molar-refractivity contribution is 5.70. The van der Waals surface area contributed by atoms with Gasteiger partial charge in [0.1, 0.15) is 11.6 Å². The van der Waals surface area contributed by atoms with Gasteiger partial charge < -0.3 is 10.1 Å². The molecule has 1 atom stereocenters. The maximum absolute atomic E-state index is 13.7. The standard InChI is InChI=1S/C14H19F2NO2/c1-3-8-17-12(9-13(18)19-4-2)14-10(15)6-5-7-11(14)16/h5-7,12,17H,3-4,8-9H2,1-2H3. The average molecular weight is 271 g/mol. The molecule has 106 valence electrons. The molecule has 1 aromatic carbocycles. The molecular formula is C14H19F2NO2. The van der Waals surface area contributed by atoms with Gasteiger partial charge in [0.2, 0.25) is 0 Å². The van der Waals surface area contributed by atoms with E-state index in [0.29, 0.717) is 6.54 Å². The van der Waals surface area contributed by atoms with E-state index >= 15 is 0 Å². The lowest BCUT2D eigenvalue weighted by Gasteiger charge is -2.19. The monoisotopic (exact) mass is 271 g/mol. The van der Waals surface area contributed by atoms with Crippen molar-refractivity contribution >= 4 is 5.97 Å². The van der Waals surface area contributed by atoms with Gasteiger partial charge in [-0.15, -0.1) is 0 Å². The Kier molecular flexibility index (Phi) is 6.42. The van der Waals surface area contributed by atoms with Crippen LogP contribution in [0.2, 0.25) is 0 Å². The number of ether oxygens (including phenoxy) is 1. The molecule has 0 aromatic heterocycles. The summed E-state index contributed by atoms with van der Waals surface area (Å²) in [4.78, 5) is 11.5. The summed E-state index contributed by atoms with van der Waals surface area (Å²) in [5, 5.41) is 2.98. The first-order valence-corrected chi connectivity index (χ1v) is 6.43. The summed E-state index contributed by atoms with van der Waals surface area (Å²) in [6.07, 6.45) is 0.709. The number of halogens is 2. The number of carbonyl (C=O) groups excluding carboxylic acids is 1. The molecule has 3 nitrogen and oxygen atoms in total. The lowest BCUT2D eigenvalue weighted by atomic mass is 10.0. The van der Waals surface area contributed by atoms with Gasteiger partial charge in [-0.05, 0) is 32.0 Å². The van der Waals surface area contributed by atoms with Gasteiger partial charge in [-0.25, -0.2) is 8.78 Å². The lowest BCUT2D eigenvalue weighted by molar-refractivity contribution is -0.143. The van der Waals surface area contributed by atoms with Crippen LogP contribution in [0.3, 0.4) is 0 Å². The van der Waals surface area contributed by atoms with Crippen molar-refractivity contribution in [2.75, 3.05) is 13.2 Å². The number of rotatable bonds is 7. The van der Waals surface area contributed by atoms with Gasteiger partial charge in [-0.1, -0.05) is 13.0 Å². The first-order chi connectivity index (χ1) is 9.10. The van der Waals surface area contributed by atoms with Crippen molar-refractivity contribution in [2.24, 2.45) is 0 Å². The summed E-state index contributed by atoms with van der Waals surface area (Å²) < 4.78 is 32.3. The van der Waals surface area contributed by atoms with Crippen LogP contribution >= 0.6 is 0 Å². The first-order valence-electron chi connectivity index (χ1n) is 6.43. The van der Waals surface area contributed by atoms with E-state index in [1.165, 1.54) is 18.2 Å². The number of hydrogen-bond acceptors (Lipinski definition) is 3. The normalized spacial score (nSPS) is 12.2. The third-order valence-corrected chi connectivity index (χ3v) is 2.67. The number of nitrogens with one attached hydrogen (secondary N) is 1. The van der Waals surface area contributed by atoms with Crippen molar-refractivity contribution in [1.29, 1.82) is 0 Å². The molecule has 0 fully saturated rings. The van der Waals surface area contributed by atoms with Crippen LogP contribution in [-0.4, -0.2) is 19.1 Å². The molecule has 0 saturated heterocycles. The maximum Gasteiger partial charge on any atom is 0.307 e. The van der Waals surface area contributed by atoms with Crippen molar-refractivity contribution in [2.45, 2.75) is 32.7 Å². The fourth-order valence-corrected chi connectivity index (χ4v) is 1.83. The van der Waals surface area contributed by atoms with E-state index in [0.717, 1.165) is 6.42 Å². The largest absolute Gasteiger partial charge is 0.466 e. The molecule has 1 N–H and O–H groups in total. The minimum atomic E-state index is -0.708. The third-order valence-electron chi connectivity index (χ3n) is 2.67. The van der Waals surface area contributed by atoms with Gasteiger partial charge in [-0.2, -0.15) is 0 Å². The van der Waals surface area contributed by atoms with Gasteiger partial charge in [0.05, 0.1) is 13.0 Å². The van der Waals surface area contributed by atoms with Crippen molar-refractivity contribution in [3.8, 4) is 0 Å². The number of esters is 1. The SMILES string of the molecule is CCCNC(CC(=O)OCC)c1c(F)cccc1F. The summed E-state index contributed by atoms with van der Waals surface area (Å²) in [6, 6.07) is 2.96. The van der Waals surface area contributed by atoms with E-state index < -0.39 is 23.6 Å². The van der Waals surface area contributed by atoms with Gasteiger partial charge in [0.25, 0.3) is 0 Å². The number of benzene rings is 1. The Hall–Kier alpha value is -1.49. The second-order valence-corrected chi connectivity index (χ2v) is 4.15. The first kappa shape index (κ1) is 15.6. The Morgan fingerprint density at radius 3 is 2.47 bits per heavy atom. The third kappa shape index (κ3) is 4.59. The maximum atomic E-state index is 13.7. The van der Waals surface area contributed by atoms with Gasteiger partial charge in [0.15, 0.2) is 0 Å². The fraction of sp³-hybridized carbons (Fsp3) is 0.500. The number of hydrogen-bond donors (Lipinski definition) is 1. The fourth-order valence-electron chi connectivity index (χ4n) is 1.83. The Morgan fingerprint density at radius 2 is 1.95 bits per heavy atom. The van der Waals surface area contributed by atoms with E-state index in [1.807, 2.05) is 6.92 Å². The summed E-state index contributed by atoms with van der Waals surface area (Å²) in [5.74, 6) is -1.78. The molecule has 0 spiro atoms. The molecule has 1 aromatic rings. The molecule has 19 heavy (non-hydrogen) atoms. The molecule has 1 unspecified atom stereocenters. The van der Waals surface area contributed by atoms with E-state index in [4.69, 9.17) is 4.74 Å². The van der Waals surface area contributed by atoms with Crippen LogP contribution in [0.4, 0.5) is 8.78 Å². The molecule has 1 rings (SSSR count). The molecule has 0 radical (unpaired) electrons. The van der Waals surface area contributed by atoms with E-state index in [1.54, 1.807) is 6.92 Å². The molecule has 5 heteroatoms. The molecule has 0 aliphatic rings. The molecule has 0 aliphatic carbocycles. The zero-order valence-electron chi connectivity index (χ0n) is 11.2. The van der Waals surface area contributed by atoms with Crippen LogP contribution in [0.15, 0.2) is 18.2 Å². The van der Waals surface area contributed by atoms with Gasteiger partial charge in [-0.3, -0.25) is 4.79 Å². The predicted octanol–water partition coefficient (Wildman–Crippen LogP) is 2.96. The Labute approximate surface area is 112 Å². The predicted molar refractivity (Wildman–Crippen MR) is 68.6 cm³/mol. The molecular weight excluding hydrogens is 252 g/mol. The van der Waals surface area contributed by atoms with Crippen LogP contribution in [0.1, 0.15) is 38.3 Å². The summed E-state index contributed by atoms with van der Waals surface area (Å²) in [7, 11) is 0. The second-order valence-electron chi connectivity index (χ2n) is 4.15. The second kappa shape index (κ2) is 7.84. The zero-order valence-corrected chi connectivity index (χ0v) is 11.2. The van der Waals surface area contributed by atoms with Crippen molar-refractivity contribution in [3.05, 3.63) is 35.4 Å². The van der Waals surface area contributed by atoms with Crippen molar-refractivity contribution in [1.82, 2.24) is 5.32 Å². The van der Waals surface area contributed by atoms with Crippen molar-refractivity contribution < 1.29 is 18.3 Å². The van der Waals surface area contributed by atoms with Gasteiger partial charge in [0, 0.05) is 11.6 Å². The van der Waals surface area contributed by atoms with E-state index in [-0.39, 0.29) is 18.6 Å². The zero-order chi connectivity index (χ0) is 14.3. The summed E-state index contributed by atoms with van der Waals surface area (Å²) in [5.41, 5.74) is -0.107. The smallest absolute Gasteiger partial charge is 0.307 e. The van der Waals surface area contributed by atoms with E-state index in [2.05, 4.69) is 5.32 Å². The summed E-state index contributed by atoms with van der Waals surface area (Å²) in [6.45, 7) is 4.44. The van der Waals surface area contributed by atoms with Crippen molar-refractivity contribution in [3.63, 3.8) is 0 Å². The summed E-state index contributed by atoms with van der Waals surface area (Å²) >= 11 is 0. The number of carbonyl (C=O) groups is 1. The Balaban J connectivity index is 2.92. The highest BCUT2D eigenvalue weighted by Gasteiger charge is 2.22. The molecule has 0 bridgehead atoms. The quantitative estimate of drug-likeness (QED) is 0.775.